The molecule has 0 amide bonds. The fraction of sp³-hybridized carbons (Fsp3) is 0.118. The van der Waals surface area contributed by atoms with Crippen LogP contribution in [0.25, 0.3) is 0 Å². The van der Waals surface area contributed by atoms with Crippen molar-refractivity contribution >= 4 is 25.4 Å². The van der Waals surface area contributed by atoms with Gasteiger partial charge >= 0.3 is 125 Å². The number of methoxy groups -OCH3 is 1. The van der Waals surface area contributed by atoms with E-state index in [-0.39, 0.29) is 5.97 Å². The number of carbonyl (C=O) groups is 1. The van der Waals surface area contributed by atoms with Crippen LogP contribution < -0.4 is 4.46 Å². The summed E-state index contributed by atoms with van der Waals surface area (Å²) < 4.78 is 6.04. The van der Waals surface area contributed by atoms with Gasteiger partial charge in [-0.05, 0) is 0 Å². The first kappa shape index (κ1) is 14.4. The third-order valence-corrected chi connectivity index (χ3v) is 4.44. The number of rotatable bonds is 2. The van der Waals surface area contributed by atoms with E-state index < -0.39 is 0 Å². The van der Waals surface area contributed by atoms with Crippen LogP contribution in [0.3, 0.4) is 0 Å². The quantitative estimate of drug-likeness (QED) is 0.480. The van der Waals surface area contributed by atoms with Crippen molar-refractivity contribution in [1.29, 1.82) is 0 Å². The Morgan fingerprint density at radius 3 is 2.30 bits per heavy atom. The van der Waals surface area contributed by atoms with Gasteiger partial charge in [0.15, 0.2) is 0 Å². The monoisotopic (exact) mass is 330 g/mol. The fourth-order valence-corrected chi connectivity index (χ4v) is 2.92. The molecule has 100 valence electrons. The maximum atomic E-state index is 11.7. The summed E-state index contributed by atoms with van der Waals surface area (Å²) in [6.07, 6.45) is 0. The van der Waals surface area contributed by atoms with E-state index in [2.05, 4.69) is 23.7 Å². The number of carbonyl (C=O) groups excluding carboxylic acids is 1. The summed E-state index contributed by atoms with van der Waals surface area (Å²) in [5.41, 5.74) is 2.22. The van der Waals surface area contributed by atoms with Crippen LogP contribution in [0.2, 0.25) is 5.82 Å². The number of esters is 1. The minimum absolute atomic E-state index is 0.358. The molecular formula is C17H14O2Se. The second-order valence-corrected chi connectivity index (χ2v) is 5.77. The van der Waals surface area contributed by atoms with Crippen molar-refractivity contribution in [2.24, 2.45) is 0 Å². The Morgan fingerprint density at radius 1 is 1.00 bits per heavy atom. The van der Waals surface area contributed by atoms with Crippen molar-refractivity contribution < 1.29 is 9.53 Å². The third kappa shape index (κ3) is 3.30. The molecule has 0 atom stereocenters. The molecule has 0 aliphatic heterocycles. The van der Waals surface area contributed by atoms with Gasteiger partial charge < -0.3 is 0 Å². The van der Waals surface area contributed by atoms with Crippen LogP contribution in [-0.2, 0) is 4.74 Å². The van der Waals surface area contributed by atoms with Crippen LogP contribution in [0.15, 0.2) is 48.5 Å². The number of hydrogen-bond acceptors (Lipinski definition) is 2. The van der Waals surface area contributed by atoms with Crippen molar-refractivity contribution in [2.45, 2.75) is 5.82 Å². The fourth-order valence-electron chi connectivity index (χ4n) is 1.76. The van der Waals surface area contributed by atoms with Gasteiger partial charge in [0.1, 0.15) is 0 Å². The van der Waals surface area contributed by atoms with Crippen LogP contribution >= 0.6 is 0 Å². The van der Waals surface area contributed by atoms with Gasteiger partial charge in [-0.15, -0.1) is 0 Å². The van der Waals surface area contributed by atoms with Gasteiger partial charge in [-0.2, -0.15) is 0 Å². The van der Waals surface area contributed by atoms with E-state index in [0.717, 1.165) is 5.56 Å². The van der Waals surface area contributed by atoms with Crippen LogP contribution in [0, 0.1) is 11.8 Å². The normalized spacial score (nSPS) is 9.50. The van der Waals surface area contributed by atoms with Gasteiger partial charge in [-0.3, -0.25) is 0 Å². The Balaban J connectivity index is 2.41. The Labute approximate surface area is 125 Å². The van der Waals surface area contributed by atoms with Crippen LogP contribution in [0.4, 0.5) is 0 Å². The molecule has 0 saturated carbocycles. The SMILES string of the molecule is COC(=O)c1ccccc1C#Cc1ccccc1[Se]C. The zero-order valence-electron chi connectivity index (χ0n) is 11.3. The molecule has 3 heteroatoms. The molecule has 20 heavy (non-hydrogen) atoms. The summed E-state index contributed by atoms with van der Waals surface area (Å²) >= 11 is 0.396. The van der Waals surface area contributed by atoms with Gasteiger partial charge in [0.25, 0.3) is 0 Å². The average molecular weight is 329 g/mol. The standard InChI is InChI=1S/C17H14O2Se/c1-19-17(18)15-9-5-3-7-13(15)11-12-14-8-4-6-10-16(14)20-2/h3-10H,1-2H3. The summed E-state index contributed by atoms with van der Waals surface area (Å²) in [6, 6.07) is 15.3. The zero-order valence-corrected chi connectivity index (χ0v) is 13.1. The topological polar surface area (TPSA) is 26.3 Å². The second kappa shape index (κ2) is 6.96. The Bertz CT molecular complexity index is 681. The number of ether oxygens (including phenoxy) is 1. The molecule has 2 aromatic rings. The van der Waals surface area contributed by atoms with Gasteiger partial charge in [0, 0.05) is 0 Å². The first-order valence-corrected chi connectivity index (χ1v) is 8.65. The van der Waals surface area contributed by atoms with Crippen molar-refractivity contribution in [2.75, 3.05) is 7.11 Å². The van der Waals surface area contributed by atoms with E-state index in [1.54, 1.807) is 12.1 Å². The van der Waals surface area contributed by atoms with E-state index in [4.69, 9.17) is 4.74 Å². The molecule has 2 aromatic carbocycles. The first-order valence-electron chi connectivity index (χ1n) is 6.08. The average Bonchev–Trinajstić information content (AvgIpc) is 2.52. The van der Waals surface area contributed by atoms with Gasteiger partial charge in [0.05, 0.1) is 0 Å². The van der Waals surface area contributed by atoms with Crippen molar-refractivity contribution in [3.05, 3.63) is 65.2 Å². The molecule has 2 nitrogen and oxygen atoms in total. The molecule has 0 bridgehead atoms. The van der Waals surface area contributed by atoms with Crippen LogP contribution in [0.5, 0.6) is 0 Å². The minimum atomic E-state index is -0.358. The molecule has 0 aliphatic carbocycles. The summed E-state index contributed by atoms with van der Waals surface area (Å²) in [7, 11) is 1.38. The van der Waals surface area contributed by atoms with Crippen LogP contribution in [0.1, 0.15) is 21.5 Å². The zero-order chi connectivity index (χ0) is 14.4. The van der Waals surface area contributed by atoms with Crippen molar-refractivity contribution in [3.8, 4) is 11.8 Å². The number of benzene rings is 2. The molecule has 0 spiro atoms. The predicted molar refractivity (Wildman–Crippen MR) is 81.5 cm³/mol. The molecule has 0 N–H and O–H groups in total. The van der Waals surface area contributed by atoms with Gasteiger partial charge in [-0.1, -0.05) is 0 Å². The van der Waals surface area contributed by atoms with Crippen molar-refractivity contribution in [3.63, 3.8) is 0 Å². The molecule has 0 aliphatic rings. The first-order chi connectivity index (χ1) is 9.76. The van der Waals surface area contributed by atoms with Crippen molar-refractivity contribution in [1.82, 2.24) is 0 Å². The Hall–Kier alpha value is -2.01. The molecule has 0 heterocycles. The number of hydrogen-bond donors (Lipinski definition) is 0. The van der Waals surface area contributed by atoms with E-state index >= 15 is 0 Å². The molecular weight excluding hydrogens is 315 g/mol. The van der Waals surface area contributed by atoms with Gasteiger partial charge in [0.2, 0.25) is 0 Å². The summed E-state index contributed by atoms with van der Waals surface area (Å²) in [6.45, 7) is 0. The summed E-state index contributed by atoms with van der Waals surface area (Å²) in [5, 5.41) is 0. The Kier molecular flexibility index (Phi) is 5.01. The summed E-state index contributed by atoms with van der Waals surface area (Å²) in [4.78, 5) is 11.7. The Morgan fingerprint density at radius 2 is 1.60 bits per heavy atom. The maximum absolute atomic E-state index is 11.7. The van der Waals surface area contributed by atoms with E-state index in [9.17, 15) is 4.79 Å². The second-order valence-electron chi connectivity index (χ2n) is 3.99. The molecule has 0 unspecified atom stereocenters. The summed E-state index contributed by atoms with van der Waals surface area (Å²) in [5.74, 6) is 8.04. The molecule has 2 rings (SSSR count). The molecule has 0 radical (unpaired) electrons. The third-order valence-electron chi connectivity index (χ3n) is 2.77. The van der Waals surface area contributed by atoms with Crippen LogP contribution in [-0.4, -0.2) is 28.0 Å². The van der Waals surface area contributed by atoms with Gasteiger partial charge in [-0.25, -0.2) is 0 Å². The predicted octanol–water partition coefficient (Wildman–Crippen LogP) is 2.25. The molecule has 0 saturated heterocycles. The molecule has 0 fully saturated rings. The van der Waals surface area contributed by atoms with E-state index in [0.29, 0.717) is 26.1 Å². The molecule has 0 aromatic heterocycles. The van der Waals surface area contributed by atoms with E-state index in [1.165, 1.54) is 11.6 Å². The van der Waals surface area contributed by atoms with E-state index in [1.807, 2.05) is 30.3 Å².